The zero-order chi connectivity index (χ0) is 17.4. The number of hydrogen-bond donors (Lipinski definition) is 1. The SMILES string of the molecule is O=C(O)c1cccc2c1CCN2Cc1cc(Cl)ccc1OC1CCC1. The highest BCUT2D eigenvalue weighted by Gasteiger charge is 2.26. The molecule has 1 heterocycles. The highest BCUT2D eigenvalue weighted by atomic mass is 35.5. The van der Waals surface area contributed by atoms with Crippen molar-refractivity contribution in [2.75, 3.05) is 11.4 Å². The molecule has 4 nitrogen and oxygen atoms in total. The van der Waals surface area contributed by atoms with Crippen LogP contribution in [0.1, 0.15) is 40.7 Å². The van der Waals surface area contributed by atoms with Gasteiger partial charge in [0.25, 0.3) is 0 Å². The highest BCUT2D eigenvalue weighted by Crippen LogP contribution is 2.35. The van der Waals surface area contributed by atoms with E-state index in [1.165, 1.54) is 6.42 Å². The summed E-state index contributed by atoms with van der Waals surface area (Å²) < 4.78 is 6.12. The van der Waals surface area contributed by atoms with Crippen LogP contribution < -0.4 is 9.64 Å². The van der Waals surface area contributed by atoms with Gasteiger partial charge < -0.3 is 14.7 Å². The molecule has 0 aromatic heterocycles. The van der Waals surface area contributed by atoms with E-state index in [0.29, 0.717) is 23.2 Å². The van der Waals surface area contributed by atoms with Crippen molar-refractivity contribution >= 4 is 23.3 Å². The predicted molar refractivity (Wildman–Crippen MR) is 97.9 cm³/mol. The topological polar surface area (TPSA) is 49.8 Å². The van der Waals surface area contributed by atoms with Gasteiger partial charge in [0.2, 0.25) is 0 Å². The number of benzene rings is 2. The van der Waals surface area contributed by atoms with Gasteiger partial charge in [0.05, 0.1) is 11.7 Å². The van der Waals surface area contributed by atoms with E-state index in [2.05, 4.69) is 4.90 Å². The lowest BCUT2D eigenvalue weighted by Gasteiger charge is -2.28. The summed E-state index contributed by atoms with van der Waals surface area (Å²) in [6.07, 6.45) is 4.50. The monoisotopic (exact) mass is 357 g/mol. The van der Waals surface area contributed by atoms with E-state index in [0.717, 1.165) is 48.4 Å². The molecule has 0 radical (unpaired) electrons. The standard InChI is InChI=1S/C20H20ClNO3/c21-14-7-8-19(25-15-3-1-4-15)13(11-14)12-22-10-9-16-17(20(23)24)5-2-6-18(16)22/h2,5-8,11,15H,1,3-4,9-10,12H2,(H,23,24). The molecule has 1 fully saturated rings. The lowest BCUT2D eigenvalue weighted by Crippen LogP contribution is -2.26. The van der Waals surface area contributed by atoms with E-state index in [9.17, 15) is 9.90 Å². The Balaban J connectivity index is 1.61. The summed E-state index contributed by atoms with van der Waals surface area (Å²) in [6.45, 7) is 1.47. The van der Waals surface area contributed by atoms with Crippen molar-refractivity contribution in [1.82, 2.24) is 0 Å². The van der Waals surface area contributed by atoms with Gasteiger partial charge in [-0.1, -0.05) is 17.7 Å². The molecule has 0 saturated heterocycles. The molecule has 1 aliphatic heterocycles. The summed E-state index contributed by atoms with van der Waals surface area (Å²) >= 11 is 6.20. The number of carboxylic acid groups (broad SMARTS) is 1. The second-order valence-electron chi connectivity index (χ2n) is 6.70. The minimum atomic E-state index is -0.865. The van der Waals surface area contributed by atoms with Crippen LogP contribution in [0.25, 0.3) is 0 Å². The van der Waals surface area contributed by atoms with E-state index in [1.807, 2.05) is 30.3 Å². The second-order valence-corrected chi connectivity index (χ2v) is 7.14. The van der Waals surface area contributed by atoms with Gasteiger partial charge in [0.15, 0.2) is 0 Å². The van der Waals surface area contributed by atoms with Crippen LogP contribution >= 0.6 is 11.6 Å². The number of carbonyl (C=O) groups is 1. The van der Waals surface area contributed by atoms with Crippen LogP contribution in [-0.4, -0.2) is 23.7 Å². The first kappa shape index (κ1) is 16.3. The molecule has 0 unspecified atom stereocenters. The summed E-state index contributed by atoms with van der Waals surface area (Å²) in [6, 6.07) is 11.2. The quantitative estimate of drug-likeness (QED) is 0.854. The zero-order valence-corrected chi connectivity index (χ0v) is 14.6. The number of nitrogens with zero attached hydrogens (tertiary/aromatic N) is 1. The van der Waals surface area contributed by atoms with Gasteiger partial charge in [-0.2, -0.15) is 0 Å². The number of rotatable bonds is 5. The normalized spacial score (nSPS) is 16.4. The smallest absolute Gasteiger partial charge is 0.336 e. The maximum atomic E-state index is 11.4. The number of fused-ring (bicyclic) bond motifs is 1. The Morgan fingerprint density at radius 2 is 2.12 bits per heavy atom. The fourth-order valence-electron chi connectivity index (χ4n) is 3.53. The Morgan fingerprint density at radius 3 is 2.84 bits per heavy atom. The summed E-state index contributed by atoms with van der Waals surface area (Å²) in [7, 11) is 0. The van der Waals surface area contributed by atoms with Crippen molar-refractivity contribution in [3.63, 3.8) is 0 Å². The van der Waals surface area contributed by atoms with E-state index < -0.39 is 5.97 Å². The van der Waals surface area contributed by atoms with Crippen LogP contribution in [0, 0.1) is 0 Å². The number of aromatic carboxylic acids is 1. The van der Waals surface area contributed by atoms with Gasteiger partial charge in [-0.05, 0) is 61.6 Å². The van der Waals surface area contributed by atoms with Crippen LogP contribution in [0.4, 0.5) is 5.69 Å². The second kappa shape index (κ2) is 6.60. The zero-order valence-electron chi connectivity index (χ0n) is 13.9. The fraction of sp³-hybridized carbons (Fsp3) is 0.350. The lowest BCUT2D eigenvalue weighted by molar-refractivity contribution is 0.0696. The largest absolute Gasteiger partial charge is 0.490 e. The Hall–Kier alpha value is -2.20. The van der Waals surface area contributed by atoms with E-state index in [1.54, 1.807) is 6.07 Å². The minimum Gasteiger partial charge on any atom is -0.490 e. The molecule has 2 aromatic carbocycles. The van der Waals surface area contributed by atoms with E-state index >= 15 is 0 Å². The van der Waals surface area contributed by atoms with Gasteiger partial charge in [-0.25, -0.2) is 4.79 Å². The number of ether oxygens (including phenoxy) is 1. The van der Waals surface area contributed by atoms with Crippen molar-refractivity contribution < 1.29 is 14.6 Å². The third-order valence-corrected chi connectivity index (χ3v) is 5.32. The molecule has 5 heteroatoms. The minimum absolute atomic E-state index is 0.310. The highest BCUT2D eigenvalue weighted by molar-refractivity contribution is 6.30. The van der Waals surface area contributed by atoms with Crippen molar-refractivity contribution in [3.8, 4) is 5.75 Å². The van der Waals surface area contributed by atoms with Gasteiger partial charge in [0, 0.05) is 29.4 Å². The Bertz CT molecular complexity index is 817. The molecule has 25 heavy (non-hydrogen) atoms. The molecular formula is C20H20ClNO3. The molecule has 1 N–H and O–H groups in total. The summed E-state index contributed by atoms with van der Waals surface area (Å²) in [5.74, 6) is 0.0207. The van der Waals surface area contributed by atoms with E-state index in [-0.39, 0.29) is 0 Å². The lowest BCUT2D eigenvalue weighted by atomic mass is 9.96. The Morgan fingerprint density at radius 1 is 1.28 bits per heavy atom. The van der Waals surface area contributed by atoms with Gasteiger partial charge in [-0.15, -0.1) is 0 Å². The molecule has 1 saturated carbocycles. The van der Waals surface area contributed by atoms with Crippen LogP contribution in [0.15, 0.2) is 36.4 Å². The summed E-state index contributed by atoms with van der Waals surface area (Å²) in [4.78, 5) is 13.6. The third-order valence-electron chi connectivity index (χ3n) is 5.08. The van der Waals surface area contributed by atoms with Crippen LogP contribution in [0.3, 0.4) is 0 Å². The first-order chi connectivity index (χ1) is 12.1. The molecule has 4 rings (SSSR count). The van der Waals surface area contributed by atoms with Gasteiger partial charge in [0.1, 0.15) is 5.75 Å². The fourth-order valence-corrected chi connectivity index (χ4v) is 3.72. The third kappa shape index (κ3) is 3.19. The van der Waals surface area contributed by atoms with Gasteiger partial charge >= 0.3 is 5.97 Å². The maximum Gasteiger partial charge on any atom is 0.336 e. The van der Waals surface area contributed by atoms with Crippen LogP contribution in [-0.2, 0) is 13.0 Å². The van der Waals surface area contributed by atoms with Crippen molar-refractivity contribution in [3.05, 3.63) is 58.1 Å². The summed E-state index contributed by atoms with van der Waals surface area (Å²) in [5.41, 5.74) is 3.36. The molecule has 2 aromatic rings. The molecule has 0 spiro atoms. The Kier molecular flexibility index (Phi) is 4.30. The van der Waals surface area contributed by atoms with Gasteiger partial charge in [-0.3, -0.25) is 0 Å². The molecule has 0 bridgehead atoms. The average molecular weight is 358 g/mol. The van der Waals surface area contributed by atoms with E-state index in [4.69, 9.17) is 16.3 Å². The maximum absolute atomic E-state index is 11.4. The Labute approximate surface area is 152 Å². The molecule has 0 amide bonds. The molecule has 1 aliphatic carbocycles. The number of anilines is 1. The van der Waals surface area contributed by atoms with Crippen LogP contribution in [0.2, 0.25) is 5.02 Å². The van der Waals surface area contributed by atoms with Crippen molar-refractivity contribution in [2.45, 2.75) is 38.3 Å². The van der Waals surface area contributed by atoms with Crippen LogP contribution in [0.5, 0.6) is 5.75 Å². The average Bonchev–Trinajstić information content (AvgIpc) is 2.95. The first-order valence-electron chi connectivity index (χ1n) is 8.67. The number of carboxylic acids is 1. The molecular weight excluding hydrogens is 338 g/mol. The van der Waals surface area contributed by atoms with Crippen molar-refractivity contribution in [2.24, 2.45) is 0 Å². The molecule has 2 aliphatic rings. The van der Waals surface area contributed by atoms with Crippen molar-refractivity contribution in [1.29, 1.82) is 0 Å². The number of halogens is 1. The summed E-state index contributed by atoms with van der Waals surface area (Å²) in [5, 5.41) is 10.1. The predicted octanol–water partition coefficient (Wildman–Crippen LogP) is 4.53. The molecule has 130 valence electrons. The first-order valence-corrected chi connectivity index (χ1v) is 9.05. The number of hydrogen-bond acceptors (Lipinski definition) is 3. The molecule has 0 atom stereocenters.